The molecule has 1 aliphatic rings. The van der Waals surface area contributed by atoms with Gasteiger partial charge in [-0.3, -0.25) is 4.57 Å². The number of ether oxygens (including phenoxy) is 1. The predicted molar refractivity (Wildman–Crippen MR) is 281 cm³/mol. The minimum Gasteiger partial charge on any atom is -0.461 e. The topological polar surface area (TPSA) is 53.0 Å². The van der Waals surface area contributed by atoms with Crippen molar-refractivity contribution in [2.24, 2.45) is 0 Å². The molecule has 0 saturated carbocycles. The molecule has 8 heteroatoms. The molecule has 0 saturated heterocycles. The molecule has 11 rings (SSSR count). The van der Waals surface area contributed by atoms with Gasteiger partial charge in [-0.2, -0.15) is 0 Å². The number of benzene rings is 8. The van der Waals surface area contributed by atoms with E-state index in [4.69, 9.17) is 4.74 Å². The standard InChI is InChI=1S/C59H44N2O3PS2/c1-64-51-29-17-18-43(40-62)56(51)57-58-52(38-54(66-58)41-30-34-48(35-31-41)60(44-19-7-2-8-20-44)45-21-9-3-10-22-45)65(63,50-27-15-6-16-28-50)53-39-55(67-59(53)57)42-32-36-49(37-33-42)61(46-23-11-4-12-24-46)47-25-13-5-14-26-47/h2-39,62H,40H2,1H3/q+1. The SMILES string of the molecule is COc1cccc(CO)c1[C+]1c2sc(-c3ccc(N(c4ccccc4)c4ccccc4)cc3)cc2P(=O)(c2ccccc2)c2cc(-c3ccc(N(c4ccccc4)c4ccccc4)cc3)sc21. The number of thiophene rings is 2. The van der Waals surface area contributed by atoms with Gasteiger partial charge in [0.05, 0.1) is 29.9 Å². The number of rotatable bonds is 12. The van der Waals surface area contributed by atoms with Crippen molar-refractivity contribution in [3.8, 4) is 26.6 Å². The minimum atomic E-state index is -3.48. The maximum absolute atomic E-state index is 16.7. The molecule has 0 radical (unpaired) electrons. The molecular formula is C59H44N2O3PS2+. The first-order valence-electron chi connectivity index (χ1n) is 22.1. The Hall–Kier alpha value is -7.38. The van der Waals surface area contributed by atoms with Crippen molar-refractivity contribution >= 4 is 79.9 Å². The van der Waals surface area contributed by atoms with E-state index >= 15 is 4.57 Å². The molecule has 0 aliphatic carbocycles. The number of methoxy groups -OCH3 is 1. The maximum atomic E-state index is 16.7. The van der Waals surface area contributed by atoms with Crippen molar-refractivity contribution in [1.29, 1.82) is 0 Å². The van der Waals surface area contributed by atoms with Crippen molar-refractivity contribution in [2.75, 3.05) is 16.9 Å². The highest BCUT2D eigenvalue weighted by Crippen LogP contribution is 2.59. The number of hydrogen-bond acceptors (Lipinski definition) is 7. The fraction of sp³-hybridized carbons (Fsp3) is 0.0339. The Kier molecular flexibility index (Phi) is 11.4. The van der Waals surface area contributed by atoms with Crippen LogP contribution in [0.15, 0.2) is 231 Å². The van der Waals surface area contributed by atoms with Gasteiger partial charge in [0, 0.05) is 67.4 Å². The molecule has 0 spiro atoms. The third-order valence-corrected chi connectivity index (χ3v) is 18.1. The summed E-state index contributed by atoms with van der Waals surface area (Å²) in [5, 5.41) is 13.3. The molecule has 0 fully saturated rings. The van der Waals surface area contributed by atoms with Gasteiger partial charge in [0.2, 0.25) is 7.14 Å². The first-order chi connectivity index (χ1) is 33.0. The Morgan fingerprint density at radius 1 is 0.478 bits per heavy atom. The summed E-state index contributed by atoms with van der Waals surface area (Å²) in [6, 6.07) is 78.9. The van der Waals surface area contributed by atoms with E-state index in [1.807, 2.05) is 72.8 Å². The number of fused-ring (bicyclic) bond motifs is 2. The molecular weight excluding hydrogens is 880 g/mol. The fourth-order valence-corrected chi connectivity index (χ4v) is 15.5. The molecule has 10 aromatic rings. The molecule has 3 heterocycles. The molecule has 0 bridgehead atoms. The fourth-order valence-electron chi connectivity index (χ4n) is 9.16. The van der Waals surface area contributed by atoms with Gasteiger partial charge in [0.1, 0.15) is 21.2 Å². The molecule has 1 aliphatic heterocycles. The maximum Gasteiger partial charge on any atom is 0.232 e. The molecule has 0 unspecified atom stereocenters. The summed E-state index contributed by atoms with van der Waals surface area (Å²) in [5.41, 5.74) is 9.92. The third-order valence-electron chi connectivity index (χ3n) is 12.3. The molecule has 2 aromatic heterocycles. The van der Waals surface area contributed by atoms with Crippen LogP contribution in [0.3, 0.4) is 0 Å². The van der Waals surface area contributed by atoms with E-state index in [1.165, 1.54) is 0 Å². The first kappa shape index (κ1) is 42.3. The van der Waals surface area contributed by atoms with Gasteiger partial charge in [-0.25, -0.2) is 0 Å². The molecule has 8 aromatic carbocycles. The van der Waals surface area contributed by atoms with Gasteiger partial charge in [0.25, 0.3) is 0 Å². The van der Waals surface area contributed by atoms with E-state index in [2.05, 4.69) is 168 Å². The average molecular weight is 924 g/mol. The van der Waals surface area contributed by atoms with Gasteiger partial charge < -0.3 is 19.6 Å². The zero-order chi connectivity index (χ0) is 45.3. The van der Waals surface area contributed by atoms with Crippen molar-refractivity contribution in [3.05, 3.63) is 257 Å². The number of nitrogens with zero attached hydrogens (tertiary/aromatic N) is 2. The molecule has 0 atom stereocenters. The second kappa shape index (κ2) is 18.1. The summed E-state index contributed by atoms with van der Waals surface area (Å²) in [5.74, 6) is 1.57. The van der Waals surface area contributed by atoms with Crippen molar-refractivity contribution < 1.29 is 14.4 Å². The van der Waals surface area contributed by atoms with Gasteiger partial charge in [0.15, 0.2) is 5.75 Å². The van der Waals surface area contributed by atoms with Crippen molar-refractivity contribution in [1.82, 2.24) is 0 Å². The lowest BCUT2D eigenvalue weighted by Crippen LogP contribution is -2.34. The second-order valence-corrected chi connectivity index (χ2v) is 21.0. The summed E-state index contributed by atoms with van der Waals surface area (Å²) in [7, 11) is -1.81. The Bertz CT molecular complexity index is 3070. The Morgan fingerprint density at radius 2 is 0.851 bits per heavy atom. The van der Waals surface area contributed by atoms with Crippen LogP contribution in [-0.2, 0) is 11.2 Å². The normalized spacial score (nSPS) is 12.5. The second-order valence-electron chi connectivity index (χ2n) is 16.2. The van der Waals surface area contributed by atoms with Crippen LogP contribution >= 0.6 is 29.8 Å². The van der Waals surface area contributed by atoms with Crippen LogP contribution < -0.4 is 30.5 Å². The van der Waals surface area contributed by atoms with Crippen LogP contribution in [0.1, 0.15) is 20.9 Å². The number of aliphatic hydroxyl groups is 1. The molecule has 324 valence electrons. The van der Waals surface area contributed by atoms with E-state index in [0.29, 0.717) is 5.75 Å². The third kappa shape index (κ3) is 7.66. The highest BCUT2D eigenvalue weighted by atomic mass is 32.1. The summed E-state index contributed by atoms with van der Waals surface area (Å²) in [6.07, 6.45) is 0. The Morgan fingerprint density at radius 3 is 1.22 bits per heavy atom. The summed E-state index contributed by atoms with van der Waals surface area (Å²) in [4.78, 5) is 8.34. The zero-order valence-electron chi connectivity index (χ0n) is 36.6. The Balaban J connectivity index is 1.06. The minimum absolute atomic E-state index is 0.185. The first-order valence-corrected chi connectivity index (χ1v) is 25.5. The van der Waals surface area contributed by atoms with Crippen LogP contribution in [0.5, 0.6) is 5.75 Å². The van der Waals surface area contributed by atoms with E-state index in [1.54, 1.807) is 29.8 Å². The quantitative estimate of drug-likeness (QED) is 0.0977. The largest absolute Gasteiger partial charge is 0.461 e. The summed E-state index contributed by atoms with van der Waals surface area (Å²) < 4.78 is 22.8. The van der Waals surface area contributed by atoms with Crippen LogP contribution in [-0.4, -0.2) is 12.2 Å². The van der Waals surface area contributed by atoms with Gasteiger partial charge in [-0.1, -0.05) is 115 Å². The highest BCUT2D eigenvalue weighted by molar-refractivity contribution is 7.86. The lowest BCUT2D eigenvalue weighted by Gasteiger charge is -2.25. The number of hydrogen-bond donors (Lipinski definition) is 1. The summed E-state index contributed by atoms with van der Waals surface area (Å²) in [6.45, 7) is -0.185. The highest BCUT2D eigenvalue weighted by Gasteiger charge is 2.52. The van der Waals surface area contributed by atoms with E-state index in [-0.39, 0.29) is 6.61 Å². The van der Waals surface area contributed by atoms with E-state index in [0.717, 1.165) is 97.7 Å². The monoisotopic (exact) mass is 923 g/mol. The van der Waals surface area contributed by atoms with Crippen LogP contribution in [0.2, 0.25) is 0 Å². The molecule has 0 amide bonds. The van der Waals surface area contributed by atoms with Crippen LogP contribution in [0, 0.1) is 5.92 Å². The van der Waals surface area contributed by atoms with E-state index in [9.17, 15) is 5.11 Å². The molecule has 1 N–H and O–H groups in total. The molecule has 5 nitrogen and oxygen atoms in total. The van der Waals surface area contributed by atoms with Gasteiger partial charge in [-0.05, 0) is 108 Å². The Labute approximate surface area is 399 Å². The van der Waals surface area contributed by atoms with Crippen molar-refractivity contribution in [2.45, 2.75) is 6.61 Å². The lowest BCUT2D eigenvalue weighted by molar-refractivity contribution is 0.280. The van der Waals surface area contributed by atoms with Crippen LogP contribution in [0.4, 0.5) is 34.1 Å². The zero-order valence-corrected chi connectivity index (χ0v) is 39.1. The van der Waals surface area contributed by atoms with E-state index < -0.39 is 7.14 Å². The number of anilines is 6. The molecule has 67 heavy (non-hydrogen) atoms. The van der Waals surface area contributed by atoms with Gasteiger partial charge >= 0.3 is 0 Å². The lowest BCUT2D eigenvalue weighted by atomic mass is 9.90. The van der Waals surface area contributed by atoms with Gasteiger partial charge in [-0.15, -0.1) is 22.7 Å². The smallest absolute Gasteiger partial charge is 0.232 e. The number of aliphatic hydroxyl groups excluding tert-OH is 1. The summed E-state index contributed by atoms with van der Waals surface area (Å²) >= 11 is 3.29. The predicted octanol–water partition coefficient (Wildman–Crippen LogP) is 14.6. The van der Waals surface area contributed by atoms with Crippen molar-refractivity contribution in [3.63, 3.8) is 0 Å². The number of para-hydroxylation sites is 4. The van der Waals surface area contributed by atoms with Crippen LogP contribution in [0.25, 0.3) is 20.9 Å². The average Bonchev–Trinajstić information content (AvgIpc) is 4.06.